The highest BCUT2D eigenvalue weighted by Crippen LogP contribution is 2.39. The lowest BCUT2D eigenvalue weighted by atomic mass is 10.2. The number of thioether (sulfide) groups is 6. The molecule has 0 bridgehead atoms. The molecule has 0 atom stereocenters. The molecule has 0 radical (unpaired) electrons. The van der Waals surface area contributed by atoms with Crippen LogP contribution in [0.1, 0.15) is 89.6 Å². The highest BCUT2D eigenvalue weighted by Gasteiger charge is 2.14. The molecule has 0 aliphatic heterocycles. The van der Waals surface area contributed by atoms with E-state index in [1.54, 1.807) is 113 Å². The van der Waals surface area contributed by atoms with Gasteiger partial charge in [0, 0.05) is 179 Å². The van der Waals surface area contributed by atoms with Gasteiger partial charge in [0.2, 0.25) is 0 Å². The zero-order chi connectivity index (χ0) is 75.5. The number of aromatic nitrogens is 15. The second kappa shape index (κ2) is 47.9. The van der Waals surface area contributed by atoms with Gasteiger partial charge in [0.25, 0.3) is 5.56 Å². The maximum absolute atomic E-state index is 11.3. The summed E-state index contributed by atoms with van der Waals surface area (Å²) in [5.74, 6) is 4.35. The van der Waals surface area contributed by atoms with Crippen LogP contribution in [0.4, 0.5) is 0 Å². The Morgan fingerprint density at radius 3 is 1.33 bits per heavy atom. The van der Waals surface area contributed by atoms with E-state index < -0.39 is 0 Å². The number of benzene rings is 1. The van der Waals surface area contributed by atoms with Gasteiger partial charge in [0.1, 0.15) is 5.15 Å². The van der Waals surface area contributed by atoms with Gasteiger partial charge >= 0.3 is 0 Å². The maximum Gasteiger partial charge on any atom is 0.251 e. The zero-order valence-electron chi connectivity index (χ0n) is 59.4. The molecule has 1 aromatic carbocycles. The summed E-state index contributed by atoms with van der Waals surface area (Å²) >= 11 is 55.4. The van der Waals surface area contributed by atoms with E-state index in [0.717, 1.165) is 133 Å². The summed E-state index contributed by atoms with van der Waals surface area (Å²) in [6.07, 6.45) is 11.4. The summed E-state index contributed by atoms with van der Waals surface area (Å²) in [6, 6.07) is 28.5. The number of aromatic amines is 2. The van der Waals surface area contributed by atoms with Gasteiger partial charge in [-0.3, -0.25) is 24.5 Å². The van der Waals surface area contributed by atoms with E-state index >= 15 is 0 Å². The Kier molecular flexibility index (Phi) is 41.3. The first-order valence-electron chi connectivity index (χ1n) is 31.5. The van der Waals surface area contributed by atoms with Crippen molar-refractivity contribution >= 4 is 222 Å². The van der Waals surface area contributed by atoms with Crippen LogP contribution in [0.25, 0.3) is 10.1 Å². The van der Waals surface area contributed by atoms with Gasteiger partial charge in [-0.05, 0) is 145 Å². The standard InChI is InChI=1S/C15H13ClN2S2.2C12H11Cl2N3S.C12H12ClN3S.C12H11ClN2OS.C10H10N2OS2.3ClH/c1-9-7-10(2)18-15(17-9)19-8-13-14(16)11-5-3-4-6-12(11)20-13;2*1-7-3-8(2)17-12(16-7)18-6-9-10(13)4-15-5-11(9)14;1-8-5-9(2)16-12(15-8)17-7-10-3-4-14-6-11(10)13;1-8-5-10(16)6-11(15-8)17-7-9-3-2-4-14-12(9)13;1-7-4-9(13)12-10(11-7)15-6-8-2-3-14-5-8;;;/h3-7H,8H2,1-2H3;2*3-5H,6H2,1-2H3;3-6H,7H2,1-2H3;2-6H,7H2,1H3,(H,15,16);2-5H,6H2,1H3,(H,11,12,13);3*1H. The Hall–Kier alpha value is -5.37. The lowest BCUT2D eigenvalue weighted by molar-refractivity contribution is 0.901. The molecule has 0 spiro atoms. The van der Waals surface area contributed by atoms with Crippen molar-refractivity contribution in [2.45, 2.75) is 135 Å². The third-order valence-corrected chi connectivity index (χ3v) is 23.6. The fourth-order valence-corrected chi connectivity index (χ4v) is 19.0. The molecule has 13 rings (SSSR count). The highest BCUT2D eigenvalue weighted by molar-refractivity contribution is 7.99. The third kappa shape index (κ3) is 32.0. The Morgan fingerprint density at radius 1 is 0.417 bits per heavy atom. The molecule has 12 aromatic heterocycles. The van der Waals surface area contributed by atoms with Crippen molar-refractivity contribution in [1.82, 2.24) is 74.8 Å². The average molecular weight is 1800 g/mol. The number of aryl methyl sites for hydroxylation is 10. The minimum absolute atomic E-state index is 0. The Balaban J connectivity index is 0.000000231. The molecule has 2 N–H and O–H groups in total. The number of nitrogens with one attached hydrogen (secondary N) is 2. The molecule has 568 valence electrons. The number of hydrogen-bond acceptors (Lipinski definition) is 23. The number of nitrogens with zero attached hydrogens (tertiary/aromatic N) is 13. The number of thiophene rings is 2. The molecule has 0 unspecified atom stereocenters. The molecule has 12 heterocycles. The van der Waals surface area contributed by atoms with Crippen molar-refractivity contribution in [2.75, 3.05) is 0 Å². The minimum atomic E-state index is -0.0877. The van der Waals surface area contributed by atoms with Crippen molar-refractivity contribution < 1.29 is 0 Å². The normalized spacial score (nSPS) is 10.4. The number of fused-ring (bicyclic) bond motifs is 1. The average Bonchev–Trinajstić information content (AvgIpc) is 1.65. The van der Waals surface area contributed by atoms with E-state index in [0.29, 0.717) is 52.7 Å². The smallest absolute Gasteiger partial charge is 0.251 e. The van der Waals surface area contributed by atoms with Crippen molar-refractivity contribution in [3.63, 3.8) is 0 Å². The highest BCUT2D eigenvalue weighted by atomic mass is 35.5. The molecular formula is C73H71Cl10N15O2S8. The van der Waals surface area contributed by atoms with E-state index in [1.807, 2.05) is 129 Å². The van der Waals surface area contributed by atoms with Crippen LogP contribution in [0.3, 0.4) is 0 Å². The van der Waals surface area contributed by atoms with Crippen molar-refractivity contribution in [3.05, 3.63) is 291 Å². The molecule has 0 saturated heterocycles. The predicted octanol–water partition coefficient (Wildman–Crippen LogP) is 23.6. The zero-order valence-corrected chi connectivity index (χ0v) is 73.6. The summed E-state index contributed by atoms with van der Waals surface area (Å²) < 4.78 is 1.23. The summed E-state index contributed by atoms with van der Waals surface area (Å²) in [4.78, 5) is 84.6. The van der Waals surface area contributed by atoms with E-state index in [1.165, 1.54) is 56.5 Å². The van der Waals surface area contributed by atoms with Gasteiger partial charge in [0.15, 0.2) is 31.2 Å². The summed E-state index contributed by atoms with van der Waals surface area (Å²) in [7, 11) is 0. The number of halogens is 10. The number of pyridine rings is 5. The molecule has 108 heavy (non-hydrogen) atoms. The predicted molar refractivity (Wildman–Crippen MR) is 465 cm³/mol. The summed E-state index contributed by atoms with van der Waals surface area (Å²) in [5.41, 5.74) is 14.3. The number of hydrogen-bond donors (Lipinski definition) is 2. The molecule has 0 saturated carbocycles. The van der Waals surface area contributed by atoms with E-state index in [2.05, 4.69) is 98.3 Å². The van der Waals surface area contributed by atoms with Crippen LogP contribution in [0.5, 0.6) is 0 Å². The number of rotatable bonds is 18. The van der Waals surface area contributed by atoms with Crippen molar-refractivity contribution in [3.8, 4) is 0 Å². The Bertz CT molecular complexity index is 4950. The molecule has 35 heteroatoms. The maximum atomic E-state index is 11.3. The summed E-state index contributed by atoms with van der Waals surface area (Å²) in [6.45, 7) is 19.4. The molecular weight excluding hydrogens is 1730 g/mol. The first-order chi connectivity index (χ1) is 50.3. The Labute approximate surface area is 714 Å². The monoisotopic (exact) mass is 1800 g/mol. The van der Waals surface area contributed by atoms with E-state index in [4.69, 9.17) is 81.2 Å². The molecule has 0 amide bonds. The van der Waals surface area contributed by atoms with Crippen LogP contribution in [0, 0.1) is 69.2 Å². The van der Waals surface area contributed by atoms with Gasteiger partial charge in [-0.1, -0.05) is 164 Å². The number of H-pyrrole nitrogens is 2. The molecule has 13 aromatic rings. The quantitative estimate of drug-likeness (QED) is 0.0462. The van der Waals surface area contributed by atoms with Crippen LogP contribution in [0.2, 0.25) is 35.3 Å². The fraction of sp³-hybridized carbons (Fsp3) is 0.219. The second-order valence-corrected chi connectivity index (χ2v) is 33.0. The molecule has 0 fully saturated rings. The first-order valence-corrected chi connectivity index (χ1v) is 41.9. The van der Waals surface area contributed by atoms with Gasteiger partial charge in [-0.15, -0.1) is 60.3 Å². The van der Waals surface area contributed by atoms with E-state index in [-0.39, 0.29) is 48.2 Å². The van der Waals surface area contributed by atoms with Gasteiger partial charge < -0.3 is 9.97 Å². The SMILES string of the molecule is Cc1cc(=O)[nH]c(SCc2ccsc2)n1.Cc1cc(=O)cc(SCc2cccnc2Cl)[nH]1.Cc1cc(C)nc(SCc2c(Cl)cncc2Cl)n1.Cc1cc(C)nc(SCc2c(Cl)cncc2Cl)n1.Cc1cc(C)nc(SCc2ccncc2Cl)n1.Cc1cc(C)nc(SCc2sc3ccccc3c2Cl)n1.Cl.Cl.Cl. The lowest BCUT2D eigenvalue weighted by Gasteiger charge is -2.06. The molecule has 0 aliphatic carbocycles. The van der Waals surface area contributed by atoms with Crippen LogP contribution in [-0.2, 0) is 34.5 Å². The van der Waals surface area contributed by atoms with Crippen LogP contribution in [0.15, 0.2) is 186 Å². The minimum Gasteiger partial charge on any atom is -0.354 e. The third-order valence-electron chi connectivity index (χ3n) is 13.6. The van der Waals surface area contributed by atoms with Gasteiger partial charge in [-0.2, -0.15) is 11.3 Å². The van der Waals surface area contributed by atoms with Crippen LogP contribution >= 0.6 is 212 Å². The van der Waals surface area contributed by atoms with Gasteiger partial charge in [-0.25, -0.2) is 49.8 Å². The van der Waals surface area contributed by atoms with Gasteiger partial charge in [0.05, 0.1) is 35.2 Å². The van der Waals surface area contributed by atoms with E-state index in [9.17, 15) is 9.59 Å². The topological polar surface area (TPSA) is 233 Å². The summed E-state index contributed by atoms with van der Waals surface area (Å²) in [5, 5.41) is 14.2. The lowest BCUT2D eigenvalue weighted by Crippen LogP contribution is -2.07. The van der Waals surface area contributed by atoms with Crippen molar-refractivity contribution in [1.29, 1.82) is 0 Å². The van der Waals surface area contributed by atoms with Crippen LogP contribution in [-0.4, -0.2) is 74.8 Å². The second-order valence-electron chi connectivity index (χ2n) is 22.6. The van der Waals surface area contributed by atoms with Crippen LogP contribution < -0.4 is 11.0 Å². The molecule has 17 nitrogen and oxygen atoms in total. The first kappa shape index (κ1) is 93.2. The fourth-order valence-electron chi connectivity index (χ4n) is 8.97. The van der Waals surface area contributed by atoms with Crippen molar-refractivity contribution in [2.24, 2.45) is 0 Å². The molecule has 0 aliphatic rings. The Morgan fingerprint density at radius 2 is 0.880 bits per heavy atom. The largest absolute Gasteiger partial charge is 0.354 e.